The fraction of sp³-hybridized carbons (Fsp3) is 0.375. The second-order valence-corrected chi connectivity index (χ2v) is 1.73. The SMILES string of the molecule is C#CCNC(=O)/C=C/CC. The third kappa shape index (κ3) is 4.92. The van der Waals surface area contributed by atoms with Crippen LogP contribution in [-0.4, -0.2) is 12.5 Å². The maximum atomic E-state index is 10.7. The first-order valence-electron chi connectivity index (χ1n) is 3.19. The molecule has 0 aliphatic heterocycles. The number of amides is 1. The highest BCUT2D eigenvalue weighted by molar-refractivity contribution is 5.87. The normalized spacial score (nSPS) is 9.20. The molecule has 1 amide bonds. The van der Waals surface area contributed by atoms with Crippen LogP contribution in [0.2, 0.25) is 0 Å². The second kappa shape index (κ2) is 5.90. The second-order valence-electron chi connectivity index (χ2n) is 1.73. The number of carbonyl (C=O) groups is 1. The Labute approximate surface area is 61.3 Å². The minimum absolute atomic E-state index is 0.125. The molecule has 54 valence electrons. The zero-order valence-electron chi connectivity index (χ0n) is 6.05. The molecule has 0 bridgehead atoms. The number of hydrogen-bond donors (Lipinski definition) is 1. The van der Waals surface area contributed by atoms with Crippen molar-refractivity contribution in [1.82, 2.24) is 5.32 Å². The van der Waals surface area contributed by atoms with Crippen molar-refractivity contribution in [2.75, 3.05) is 6.54 Å². The van der Waals surface area contributed by atoms with Crippen molar-refractivity contribution in [3.63, 3.8) is 0 Å². The molecule has 2 heteroatoms. The lowest BCUT2D eigenvalue weighted by molar-refractivity contribution is -0.116. The standard InChI is InChI=1S/C8H11NO/c1-3-5-6-8(10)9-7-4-2/h2,5-6H,3,7H2,1H3,(H,9,10)/b6-5+. The van der Waals surface area contributed by atoms with E-state index in [1.165, 1.54) is 6.08 Å². The number of hydrogen-bond acceptors (Lipinski definition) is 1. The lowest BCUT2D eigenvalue weighted by Crippen LogP contribution is -2.20. The van der Waals surface area contributed by atoms with Gasteiger partial charge in [-0.3, -0.25) is 4.79 Å². The molecule has 0 rings (SSSR count). The molecule has 0 aromatic carbocycles. The Morgan fingerprint density at radius 2 is 2.50 bits per heavy atom. The first-order valence-corrected chi connectivity index (χ1v) is 3.19. The summed E-state index contributed by atoms with van der Waals surface area (Å²) >= 11 is 0. The average molecular weight is 137 g/mol. The highest BCUT2D eigenvalue weighted by Gasteiger charge is 1.88. The van der Waals surface area contributed by atoms with Gasteiger partial charge in [0.05, 0.1) is 6.54 Å². The van der Waals surface area contributed by atoms with Crippen LogP contribution in [-0.2, 0) is 4.79 Å². The molecular formula is C8H11NO. The predicted octanol–water partition coefficient (Wildman–Crippen LogP) is 0.702. The zero-order valence-corrected chi connectivity index (χ0v) is 6.05. The summed E-state index contributed by atoms with van der Waals surface area (Å²) in [5, 5.41) is 2.51. The van der Waals surface area contributed by atoms with Gasteiger partial charge in [-0.25, -0.2) is 0 Å². The van der Waals surface area contributed by atoms with Gasteiger partial charge >= 0.3 is 0 Å². The van der Waals surface area contributed by atoms with Crippen LogP contribution in [0, 0.1) is 12.3 Å². The van der Waals surface area contributed by atoms with Gasteiger partial charge < -0.3 is 5.32 Å². The molecule has 0 aliphatic carbocycles. The molecule has 0 atom stereocenters. The van der Waals surface area contributed by atoms with Crippen LogP contribution in [0.25, 0.3) is 0 Å². The number of terminal acetylenes is 1. The van der Waals surface area contributed by atoms with E-state index in [1.54, 1.807) is 6.08 Å². The molecule has 0 heterocycles. The van der Waals surface area contributed by atoms with Crippen LogP contribution in [0.3, 0.4) is 0 Å². The summed E-state index contributed by atoms with van der Waals surface area (Å²) < 4.78 is 0. The average Bonchev–Trinajstić information content (AvgIpc) is 1.97. The van der Waals surface area contributed by atoms with Crippen LogP contribution in [0.4, 0.5) is 0 Å². The summed E-state index contributed by atoms with van der Waals surface area (Å²) in [5.74, 6) is 2.18. The van der Waals surface area contributed by atoms with Crippen molar-refractivity contribution >= 4 is 5.91 Å². The Bertz CT molecular complexity index is 165. The molecule has 2 nitrogen and oxygen atoms in total. The Kier molecular flexibility index (Phi) is 5.17. The van der Waals surface area contributed by atoms with E-state index in [9.17, 15) is 4.79 Å². The molecule has 0 unspecified atom stereocenters. The third-order valence-corrected chi connectivity index (χ3v) is 0.870. The third-order valence-electron chi connectivity index (χ3n) is 0.870. The summed E-state index contributed by atoms with van der Waals surface area (Å²) in [7, 11) is 0. The zero-order chi connectivity index (χ0) is 7.82. The first kappa shape index (κ1) is 8.77. The summed E-state index contributed by atoms with van der Waals surface area (Å²) in [6.07, 6.45) is 9.05. The highest BCUT2D eigenvalue weighted by atomic mass is 16.1. The number of carbonyl (C=O) groups excluding carboxylic acids is 1. The Balaban J connectivity index is 3.46. The van der Waals surface area contributed by atoms with E-state index in [0.717, 1.165) is 6.42 Å². The van der Waals surface area contributed by atoms with Crippen LogP contribution < -0.4 is 5.32 Å². The van der Waals surface area contributed by atoms with Gasteiger partial charge in [-0.1, -0.05) is 18.9 Å². The maximum absolute atomic E-state index is 10.7. The lowest BCUT2D eigenvalue weighted by Gasteiger charge is -1.92. The van der Waals surface area contributed by atoms with Crippen LogP contribution >= 0.6 is 0 Å². The van der Waals surface area contributed by atoms with Crippen molar-refractivity contribution in [1.29, 1.82) is 0 Å². The number of rotatable bonds is 3. The monoisotopic (exact) mass is 137 g/mol. The Hall–Kier alpha value is -1.23. The predicted molar refractivity (Wildman–Crippen MR) is 41.3 cm³/mol. The summed E-state index contributed by atoms with van der Waals surface area (Å²) in [5.41, 5.74) is 0. The summed E-state index contributed by atoms with van der Waals surface area (Å²) in [6, 6.07) is 0. The minimum Gasteiger partial charge on any atom is -0.342 e. The van der Waals surface area contributed by atoms with Gasteiger partial charge in [0, 0.05) is 0 Å². The van der Waals surface area contributed by atoms with E-state index >= 15 is 0 Å². The van der Waals surface area contributed by atoms with Crippen LogP contribution in [0.1, 0.15) is 13.3 Å². The van der Waals surface area contributed by atoms with E-state index in [0.29, 0.717) is 6.54 Å². The fourth-order valence-corrected chi connectivity index (χ4v) is 0.422. The van der Waals surface area contributed by atoms with Crippen molar-refractivity contribution in [2.45, 2.75) is 13.3 Å². The van der Waals surface area contributed by atoms with Crippen molar-refractivity contribution < 1.29 is 4.79 Å². The Morgan fingerprint density at radius 1 is 1.80 bits per heavy atom. The first-order chi connectivity index (χ1) is 4.81. The van der Waals surface area contributed by atoms with Crippen LogP contribution in [0.5, 0.6) is 0 Å². The van der Waals surface area contributed by atoms with Gasteiger partial charge in [0.25, 0.3) is 0 Å². The van der Waals surface area contributed by atoms with E-state index in [2.05, 4.69) is 11.2 Å². The maximum Gasteiger partial charge on any atom is 0.244 e. The molecular weight excluding hydrogens is 126 g/mol. The van der Waals surface area contributed by atoms with E-state index in [4.69, 9.17) is 6.42 Å². The van der Waals surface area contributed by atoms with Crippen LogP contribution in [0.15, 0.2) is 12.2 Å². The molecule has 0 fully saturated rings. The summed E-state index contributed by atoms with van der Waals surface area (Å²) in [6.45, 7) is 2.26. The summed E-state index contributed by atoms with van der Waals surface area (Å²) in [4.78, 5) is 10.7. The molecule has 0 aromatic rings. The van der Waals surface area contributed by atoms with Gasteiger partial charge in [0.2, 0.25) is 5.91 Å². The molecule has 0 spiro atoms. The van der Waals surface area contributed by atoms with Gasteiger partial charge in [-0.2, -0.15) is 0 Å². The molecule has 0 aliphatic rings. The van der Waals surface area contributed by atoms with Gasteiger partial charge in [-0.05, 0) is 12.5 Å². The smallest absolute Gasteiger partial charge is 0.244 e. The van der Waals surface area contributed by atoms with Crippen molar-refractivity contribution in [2.24, 2.45) is 0 Å². The van der Waals surface area contributed by atoms with Crippen molar-refractivity contribution in [3.05, 3.63) is 12.2 Å². The van der Waals surface area contributed by atoms with Gasteiger partial charge in [-0.15, -0.1) is 6.42 Å². The molecule has 1 N–H and O–H groups in total. The molecule has 0 aromatic heterocycles. The molecule has 10 heavy (non-hydrogen) atoms. The topological polar surface area (TPSA) is 29.1 Å². The quantitative estimate of drug-likeness (QED) is 0.450. The van der Waals surface area contributed by atoms with Gasteiger partial charge in [0.1, 0.15) is 0 Å². The van der Waals surface area contributed by atoms with Crippen molar-refractivity contribution in [3.8, 4) is 12.3 Å². The lowest BCUT2D eigenvalue weighted by atomic mass is 10.4. The number of allylic oxidation sites excluding steroid dienone is 1. The largest absolute Gasteiger partial charge is 0.342 e. The van der Waals surface area contributed by atoms with E-state index < -0.39 is 0 Å². The van der Waals surface area contributed by atoms with Gasteiger partial charge in [0.15, 0.2) is 0 Å². The Morgan fingerprint density at radius 3 is 3.00 bits per heavy atom. The number of nitrogens with one attached hydrogen (secondary N) is 1. The molecule has 0 radical (unpaired) electrons. The molecule has 0 saturated heterocycles. The fourth-order valence-electron chi connectivity index (χ4n) is 0.422. The minimum atomic E-state index is -0.125. The molecule has 0 saturated carbocycles. The highest BCUT2D eigenvalue weighted by Crippen LogP contribution is 1.78. The van der Waals surface area contributed by atoms with E-state index in [1.807, 2.05) is 6.92 Å². The van der Waals surface area contributed by atoms with E-state index in [-0.39, 0.29) is 5.91 Å².